The lowest BCUT2D eigenvalue weighted by Crippen LogP contribution is -2.45. The van der Waals surface area contributed by atoms with Gasteiger partial charge in [-0.25, -0.2) is 9.97 Å². The summed E-state index contributed by atoms with van der Waals surface area (Å²) in [4.78, 5) is 23.4. The largest absolute Gasteiger partial charge is 0.457 e. The minimum Gasteiger partial charge on any atom is -0.457 e. The molecule has 2 aromatic carbocycles. The molecule has 8 heteroatoms. The first-order valence-corrected chi connectivity index (χ1v) is 10.8. The zero-order valence-corrected chi connectivity index (χ0v) is 19.0. The second kappa shape index (κ2) is 9.81. The van der Waals surface area contributed by atoms with Crippen LogP contribution in [0.5, 0.6) is 11.5 Å². The first-order chi connectivity index (χ1) is 15.9. The fourth-order valence-electron chi connectivity index (χ4n) is 3.81. The highest BCUT2D eigenvalue weighted by molar-refractivity contribution is 5.95. The van der Waals surface area contributed by atoms with E-state index in [1.807, 2.05) is 86.7 Å². The molecule has 2 heterocycles. The molecular weight excluding hydrogens is 416 g/mol. The van der Waals surface area contributed by atoms with E-state index in [4.69, 9.17) is 10.5 Å². The van der Waals surface area contributed by atoms with Gasteiger partial charge in [0.05, 0.1) is 0 Å². The number of hydrogen-bond acceptors (Lipinski definition) is 6. The molecule has 0 bridgehead atoms. The molecule has 0 radical (unpaired) electrons. The Hall–Kier alpha value is -3.75. The van der Waals surface area contributed by atoms with Gasteiger partial charge in [-0.2, -0.15) is 0 Å². The molecule has 3 N–H and O–H groups in total. The third kappa shape index (κ3) is 5.19. The van der Waals surface area contributed by atoms with Gasteiger partial charge < -0.3 is 25.3 Å². The van der Waals surface area contributed by atoms with Crippen molar-refractivity contribution in [2.45, 2.75) is 19.1 Å². The average molecular weight is 445 g/mol. The highest BCUT2D eigenvalue weighted by Gasteiger charge is 2.22. The number of amides is 1. The number of likely N-dealkylation sites (N-methyl/N-ethyl adjacent to an activating group) is 1. The minimum absolute atomic E-state index is 0.0355. The number of nitrogens with zero attached hydrogens (tertiary/aromatic N) is 4. The lowest BCUT2D eigenvalue weighted by Gasteiger charge is -2.21. The van der Waals surface area contributed by atoms with Crippen LogP contribution in [0.3, 0.4) is 0 Å². The number of fused-ring (bicyclic) bond motifs is 1. The monoisotopic (exact) mass is 444 g/mol. The van der Waals surface area contributed by atoms with Gasteiger partial charge in [0, 0.05) is 35.9 Å². The molecule has 170 valence electrons. The van der Waals surface area contributed by atoms with Crippen molar-refractivity contribution in [1.82, 2.24) is 24.8 Å². The van der Waals surface area contributed by atoms with Gasteiger partial charge in [-0.05, 0) is 50.8 Å². The molecule has 2 atom stereocenters. The maximum Gasteiger partial charge on any atom is 0.258 e. The fraction of sp³-hybridized carbons (Fsp3) is 0.240. The smallest absolute Gasteiger partial charge is 0.258 e. The molecule has 4 rings (SSSR count). The molecule has 4 aromatic rings. The summed E-state index contributed by atoms with van der Waals surface area (Å²) in [6.45, 7) is 2.67. The number of ether oxygens (including phenoxy) is 1. The molecule has 0 fully saturated rings. The quantitative estimate of drug-likeness (QED) is 0.432. The van der Waals surface area contributed by atoms with Gasteiger partial charge in [0.2, 0.25) is 0 Å². The number of nitrogens with two attached hydrogens (primary N) is 1. The van der Waals surface area contributed by atoms with Crippen molar-refractivity contribution in [3.63, 3.8) is 0 Å². The van der Waals surface area contributed by atoms with Crippen molar-refractivity contribution < 1.29 is 9.53 Å². The maximum absolute atomic E-state index is 12.8. The second-order valence-electron chi connectivity index (χ2n) is 8.27. The van der Waals surface area contributed by atoms with E-state index in [0.717, 1.165) is 34.6 Å². The van der Waals surface area contributed by atoms with Crippen LogP contribution >= 0.6 is 0 Å². The van der Waals surface area contributed by atoms with E-state index in [1.54, 1.807) is 10.8 Å². The number of rotatable bonds is 8. The molecule has 1 amide bonds. The Morgan fingerprint density at radius 1 is 1.12 bits per heavy atom. The summed E-state index contributed by atoms with van der Waals surface area (Å²) in [5.41, 5.74) is 8.78. The molecule has 0 aliphatic carbocycles. The third-order valence-corrected chi connectivity index (χ3v) is 5.23. The number of benzene rings is 2. The van der Waals surface area contributed by atoms with Gasteiger partial charge >= 0.3 is 0 Å². The normalized spacial score (nSPS) is 13.1. The first kappa shape index (κ1) is 22.4. The van der Waals surface area contributed by atoms with E-state index in [1.165, 1.54) is 6.33 Å². The number of hydrogen-bond donors (Lipinski definition) is 2. The maximum atomic E-state index is 12.8. The standard InChI is InChI=1S/C25H28N6O2/c1-17(14-30(2)3)29-25(32)23(26)31-15-22(21-13-27-16-28-24(21)31)18-9-11-20(12-10-18)33-19-7-5-4-6-8-19/h4-13,15-17,23H,14,26H2,1-3H3,(H,29,32). The van der Waals surface area contributed by atoms with Crippen molar-refractivity contribution in [3.05, 3.63) is 73.3 Å². The summed E-state index contributed by atoms with van der Waals surface area (Å²) in [7, 11) is 3.92. The predicted molar refractivity (Wildman–Crippen MR) is 129 cm³/mol. The van der Waals surface area contributed by atoms with Gasteiger partial charge in [0.15, 0.2) is 6.17 Å². The fourth-order valence-corrected chi connectivity index (χ4v) is 3.81. The summed E-state index contributed by atoms with van der Waals surface area (Å²) >= 11 is 0. The Balaban J connectivity index is 1.60. The van der Waals surface area contributed by atoms with Crippen LogP contribution in [0.4, 0.5) is 0 Å². The number of para-hydroxylation sites is 1. The van der Waals surface area contributed by atoms with Gasteiger partial charge in [-0.3, -0.25) is 4.79 Å². The van der Waals surface area contributed by atoms with Crippen molar-refractivity contribution in [3.8, 4) is 22.6 Å². The molecule has 0 saturated carbocycles. The van der Waals surface area contributed by atoms with Crippen LogP contribution < -0.4 is 15.8 Å². The molecule has 0 aliphatic heterocycles. The Kier molecular flexibility index (Phi) is 6.67. The topological polar surface area (TPSA) is 98.3 Å². The summed E-state index contributed by atoms with van der Waals surface area (Å²) in [5, 5.41) is 3.79. The summed E-state index contributed by atoms with van der Waals surface area (Å²) < 4.78 is 7.58. The molecule has 0 aliphatic rings. The number of carbonyl (C=O) groups is 1. The van der Waals surface area contributed by atoms with E-state index in [-0.39, 0.29) is 11.9 Å². The highest BCUT2D eigenvalue weighted by atomic mass is 16.5. The molecule has 33 heavy (non-hydrogen) atoms. The first-order valence-electron chi connectivity index (χ1n) is 10.8. The Morgan fingerprint density at radius 2 is 1.82 bits per heavy atom. The average Bonchev–Trinajstić information content (AvgIpc) is 3.19. The van der Waals surface area contributed by atoms with Gasteiger partial charge in [-0.15, -0.1) is 0 Å². The van der Waals surface area contributed by atoms with E-state index < -0.39 is 6.17 Å². The molecule has 8 nitrogen and oxygen atoms in total. The Labute approximate surface area is 193 Å². The summed E-state index contributed by atoms with van der Waals surface area (Å²) in [6.07, 6.45) is 4.13. The zero-order chi connectivity index (χ0) is 23.4. The Bertz CT molecular complexity index is 1220. The van der Waals surface area contributed by atoms with E-state index >= 15 is 0 Å². The van der Waals surface area contributed by atoms with E-state index in [2.05, 4.69) is 15.3 Å². The SMILES string of the molecule is CC(CN(C)C)NC(=O)C(N)n1cc(-c2ccc(Oc3ccccc3)cc2)c2cncnc21. The second-order valence-corrected chi connectivity index (χ2v) is 8.27. The van der Waals surface area contributed by atoms with Gasteiger partial charge in [0.1, 0.15) is 23.5 Å². The van der Waals surface area contributed by atoms with Crippen LogP contribution in [0.1, 0.15) is 13.1 Å². The van der Waals surface area contributed by atoms with E-state index in [9.17, 15) is 4.79 Å². The Morgan fingerprint density at radius 3 is 2.52 bits per heavy atom. The summed E-state index contributed by atoms with van der Waals surface area (Å²) in [5.74, 6) is 1.24. The molecule has 0 saturated heterocycles. The van der Waals surface area contributed by atoms with Crippen LogP contribution in [0, 0.1) is 0 Å². The summed E-state index contributed by atoms with van der Waals surface area (Å²) in [6, 6.07) is 17.3. The van der Waals surface area contributed by atoms with Crippen LogP contribution in [0.2, 0.25) is 0 Å². The minimum atomic E-state index is -0.915. The lowest BCUT2D eigenvalue weighted by atomic mass is 10.1. The van der Waals surface area contributed by atoms with E-state index in [0.29, 0.717) is 5.65 Å². The van der Waals surface area contributed by atoms with Crippen LogP contribution in [-0.4, -0.2) is 52.0 Å². The molecule has 2 unspecified atom stereocenters. The van der Waals surface area contributed by atoms with Crippen LogP contribution in [0.15, 0.2) is 73.3 Å². The third-order valence-electron chi connectivity index (χ3n) is 5.23. The van der Waals surface area contributed by atoms with Crippen molar-refractivity contribution in [2.24, 2.45) is 5.73 Å². The van der Waals surface area contributed by atoms with Gasteiger partial charge in [0.25, 0.3) is 5.91 Å². The number of aromatic nitrogens is 3. The van der Waals surface area contributed by atoms with Crippen LogP contribution in [-0.2, 0) is 4.79 Å². The predicted octanol–water partition coefficient (Wildman–Crippen LogP) is 3.41. The van der Waals surface area contributed by atoms with Crippen LogP contribution in [0.25, 0.3) is 22.2 Å². The van der Waals surface area contributed by atoms with Crippen molar-refractivity contribution in [2.75, 3.05) is 20.6 Å². The zero-order valence-electron chi connectivity index (χ0n) is 19.0. The number of carbonyl (C=O) groups excluding carboxylic acids is 1. The van der Waals surface area contributed by atoms with Crippen molar-refractivity contribution in [1.29, 1.82) is 0 Å². The van der Waals surface area contributed by atoms with Crippen molar-refractivity contribution >= 4 is 16.9 Å². The number of nitrogens with one attached hydrogen (secondary N) is 1. The van der Waals surface area contributed by atoms with Gasteiger partial charge in [-0.1, -0.05) is 30.3 Å². The molecule has 2 aromatic heterocycles. The highest BCUT2D eigenvalue weighted by Crippen LogP contribution is 2.32. The lowest BCUT2D eigenvalue weighted by molar-refractivity contribution is -0.124. The molecule has 0 spiro atoms. The molecular formula is C25H28N6O2.